The van der Waals surface area contributed by atoms with Crippen LogP contribution in [0.1, 0.15) is 24.9 Å². The van der Waals surface area contributed by atoms with Gasteiger partial charge < -0.3 is 5.32 Å². The van der Waals surface area contributed by atoms with Crippen molar-refractivity contribution >= 4 is 27.0 Å². The molecule has 1 aromatic heterocycles. The predicted octanol–water partition coefficient (Wildman–Crippen LogP) is 2.56. The van der Waals surface area contributed by atoms with E-state index in [1.54, 1.807) is 9.13 Å². The molecule has 0 radical (unpaired) electrons. The number of imidazole rings is 1. The van der Waals surface area contributed by atoms with E-state index < -0.39 is 0 Å². The lowest BCUT2D eigenvalue weighted by Crippen LogP contribution is -2.20. The van der Waals surface area contributed by atoms with Gasteiger partial charge in [0, 0.05) is 24.6 Å². The molecule has 1 aliphatic carbocycles. The monoisotopic (exact) mass is 337 g/mol. The molecular weight excluding hydrogens is 318 g/mol. The fraction of sp³-hybridized carbons (Fsp3) is 0.533. The summed E-state index contributed by atoms with van der Waals surface area (Å²) in [6, 6.07) is 4.55. The third kappa shape index (κ3) is 1.95. The Kier molecular flexibility index (Phi) is 3.29. The van der Waals surface area contributed by atoms with Gasteiger partial charge in [-0.1, -0.05) is 22.9 Å². The van der Waals surface area contributed by atoms with Crippen molar-refractivity contribution in [3.8, 4) is 0 Å². The third-order valence-electron chi connectivity index (χ3n) is 4.64. The van der Waals surface area contributed by atoms with E-state index >= 15 is 0 Å². The molecule has 0 spiro atoms. The summed E-state index contributed by atoms with van der Waals surface area (Å²) in [6.07, 6.45) is 1.27. The van der Waals surface area contributed by atoms with Crippen molar-refractivity contribution in [2.75, 3.05) is 7.05 Å². The van der Waals surface area contributed by atoms with Gasteiger partial charge in [0.2, 0.25) is 0 Å². The molecule has 4 nitrogen and oxygen atoms in total. The molecule has 3 atom stereocenters. The highest BCUT2D eigenvalue weighted by molar-refractivity contribution is 9.10. The summed E-state index contributed by atoms with van der Waals surface area (Å²) in [5, 5.41) is 3.43. The van der Waals surface area contributed by atoms with Gasteiger partial charge in [-0.15, -0.1) is 0 Å². The number of nitrogens with one attached hydrogen (secondary N) is 1. The molecule has 0 amide bonds. The maximum absolute atomic E-state index is 12.0. The molecule has 0 saturated heterocycles. The van der Waals surface area contributed by atoms with E-state index in [9.17, 15) is 4.79 Å². The number of aromatic nitrogens is 2. The topological polar surface area (TPSA) is 39.0 Å². The molecule has 2 aromatic rings. The molecule has 3 unspecified atom stereocenters. The van der Waals surface area contributed by atoms with Gasteiger partial charge in [0.15, 0.2) is 0 Å². The zero-order chi connectivity index (χ0) is 14.6. The van der Waals surface area contributed by atoms with Crippen LogP contribution in [0.5, 0.6) is 0 Å². The lowest BCUT2D eigenvalue weighted by atomic mass is 10.0. The first-order valence-corrected chi connectivity index (χ1v) is 7.77. The largest absolute Gasteiger partial charge is 0.328 e. The number of hydrogen-bond acceptors (Lipinski definition) is 2. The van der Waals surface area contributed by atoms with Crippen LogP contribution in [0, 0.1) is 11.8 Å². The van der Waals surface area contributed by atoms with E-state index in [2.05, 4.69) is 40.3 Å². The maximum atomic E-state index is 12.0. The van der Waals surface area contributed by atoms with E-state index in [-0.39, 0.29) is 5.69 Å². The lowest BCUT2D eigenvalue weighted by molar-refractivity contribution is 0.502. The van der Waals surface area contributed by atoms with Crippen LogP contribution < -0.4 is 11.0 Å². The molecule has 1 N–H and O–H groups in total. The number of aryl methyl sites for hydroxylation is 2. The van der Waals surface area contributed by atoms with Crippen molar-refractivity contribution in [2.45, 2.75) is 19.4 Å². The molecule has 108 valence electrons. The molecule has 20 heavy (non-hydrogen) atoms. The van der Waals surface area contributed by atoms with Crippen LogP contribution in [0.4, 0.5) is 0 Å². The maximum Gasteiger partial charge on any atom is 0.328 e. The average Bonchev–Trinajstić information content (AvgIpc) is 3.10. The Hall–Kier alpha value is -1.07. The van der Waals surface area contributed by atoms with Crippen molar-refractivity contribution < 1.29 is 0 Å². The highest BCUT2D eigenvalue weighted by Crippen LogP contribution is 2.48. The highest BCUT2D eigenvalue weighted by atomic mass is 79.9. The lowest BCUT2D eigenvalue weighted by Gasteiger charge is -2.18. The molecular formula is C15H20BrN3O. The second-order valence-corrected chi connectivity index (χ2v) is 6.76. The first-order chi connectivity index (χ1) is 9.45. The smallest absolute Gasteiger partial charge is 0.313 e. The van der Waals surface area contributed by atoms with E-state index in [0.29, 0.717) is 12.0 Å². The normalized spacial score (nSPS) is 23.2. The molecule has 1 fully saturated rings. The van der Waals surface area contributed by atoms with Crippen LogP contribution in [0.15, 0.2) is 21.4 Å². The molecule has 1 saturated carbocycles. The Bertz CT molecular complexity index is 731. The van der Waals surface area contributed by atoms with Crippen LogP contribution in [0.25, 0.3) is 11.0 Å². The molecule has 1 heterocycles. The van der Waals surface area contributed by atoms with Crippen molar-refractivity contribution in [3.63, 3.8) is 0 Å². The zero-order valence-electron chi connectivity index (χ0n) is 12.3. The fourth-order valence-corrected chi connectivity index (χ4v) is 3.77. The number of hydrogen-bond donors (Lipinski definition) is 1. The van der Waals surface area contributed by atoms with Gasteiger partial charge in [0.05, 0.1) is 11.0 Å². The van der Waals surface area contributed by atoms with Gasteiger partial charge in [0.25, 0.3) is 0 Å². The second kappa shape index (κ2) is 4.74. The summed E-state index contributed by atoms with van der Waals surface area (Å²) in [5.41, 5.74) is 3.22. The molecule has 0 bridgehead atoms. The van der Waals surface area contributed by atoms with Gasteiger partial charge in [-0.05, 0) is 43.0 Å². The minimum absolute atomic E-state index is 0.0184. The van der Waals surface area contributed by atoms with E-state index in [0.717, 1.165) is 21.4 Å². The summed E-state index contributed by atoms with van der Waals surface area (Å²) in [4.78, 5) is 12.0. The number of fused-ring (bicyclic) bond motifs is 1. The minimum atomic E-state index is 0.0184. The van der Waals surface area contributed by atoms with Crippen LogP contribution in [-0.2, 0) is 14.1 Å². The highest BCUT2D eigenvalue weighted by Gasteiger charge is 2.40. The molecule has 1 aliphatic rings. The Morgan fingerprint density at radius 3 is 2.35 bits per heavy atom. The number of halogens is 1. The van der Waals surface area contributed by atoms with Gasteiger partial charge in [-0.2, -0.15) is 0 Å². The zero-order valence-corrected chi connectivity index (χ0v) is 13.9. The van der Waals surface area contributed by atoms with Crippen molar-refractivity contribution in [1.29, 1.82) is 0 Å². The summed E-state index contributed by atoms with van der Waals surface area (Å²) in [6.45, 7) is 2.29. The standard InChI is InChI=1S/C15H20BrN3O/c1-8-5-9(8)14(17-2)10-6-12-13(7-11(10)16)19(4)15(20)18(12)3/h6-9,14,17H,5H2,1-4H3. The van der Waals surface area contributed by atoms with E-state index in [4.69, 9.17) is 0 Å². The summed E-state index contributed by atoms with van der Waals surface area (Å²) in [5.74, 6) is 1.46. The second-order valence-electron chi connectivity index (χ2n) is 5.91. The molecule has 0 aliphatic heterocycles. The molecule has 5 heteroatoms. The molecule has 1 aromatic carbocycles. The first-order valence-electron chi connectivity index (χ1n) is 6.97. The van der Waals surface area contributed by atoms with Crippen molar-refractivity contribution in [2.24, 2.45) is 25.9 Å². The summed E-state index contributed by atoms with van der Waals surface area (Å²) in [7, 11) is 5.65. The SMILES string of the molecule is CNC(c1cc2c(cc1Br)n(C)c(=O)n2C)C1CC1C. The average molecular weight is 338 g/mol. The number of benzene rings is 1. The van der Waals surface area contributed by atoms with Gasteiger partial charge in [0.1, 0.15) is 0 Å². The van der Waals surface area contributed by atoms with Crippen LogP contribution in [-0.4, -0.2) is 16.2 Å². The Balaban J connectivity index is 2.19. The van der Waals surface area contributed by atoms with Crippen molar-refractivity contribution in [1.82, 2.24) is 14.5 Å². The minimum Gasteiger partial charge on any atom is -0.313 e. The van der Waals surface area contributed by atoms with Gasteiger partial charge >= 0.3 is 5.69 Å². The van der Waals surface area contributed by atoms with Gasteiger partial charge in [-0.25, -0.2) is 4.79 Å². The van der Waals surface area contributed by atoms with E-state index in [1.807, 2.05) is 21.1 Å². The first kappa shape index (κ1) is 13.9. The summed E-state index contributed by atoms with van der Waals surface area (Å²) < 4.78 is 4.48. The predicted molar refractivity (Wildman–Crippen MR) is 84.9 cm³/mol. The van der Waals surface area contributed by atoms with Crippen molar-refractivity contribution in [3.05, 3.63) is 32.7 Å². The van der Waals surface area contributed by atoms with Crippen LogP contribution in [0.3, 0.4) is 0 Å². The van der Waals surface area contributed by atoms with E-state index in [1.165, 1.54) is 12.0 Å². The van der Waals surface area contributed by atoms with Gasteiger partial charge in [-0.3, -0.25) is 9.13 Å². The Morgan fingerprint density at radius 2 is 1.85 bits per heavy atom. The summed E-state index contributed by atoms with van der Waals surface area (Å²) >= 11 is 3.68. The number of rotatable bonds is 3. The van der Waals surface area contributed by atoms with Crippen LogP contribution >= 0.6 is 15.9 Å². The van der Waals surface area contributed by atoms with Crippen LogP contribution in [0.2, 0.25) is 0 Å². The third-order valence-corrected chi connectivity index (χ3v) is 5.32. The number of nitrogens with zero attached hydrogens (tertiary/aromatic N) is 2. The quantitative estimate of drug-likeness (QED) is 0.934. The molecule has 3 rings (SSSR count). The Morgan fingerprint density at radius 1 is 1.30 bits per heavy atom. The fourth-order valence-electron chi connectivity index (χ4n) is 3.19. The Labute approximate surface area is 126 Å².